The van der Waals surface area contributed by atoms with E-state index in [0.717, 1.165) is 29.3 Å². The Morgan fingerprint density at radius 2 is 1.52 bits per heavy atom. The van der Waals surface area contributed by atoms with Gasteiger partial charge in [-0.1, -0.05) is 42.5 Å². The predicted octanol–water partition coefficient (Wildman–Crippen LogP) is 3.55. The Hall–Kier alpha value is -3.17. The van der Waals surface area contributed by atoms with Crippen molar-refractivity contribution in [3.63, 3.8) is 0 Å². The molecule has 0 amide bonds. The number of benzene rings is 3. The Morgan fingerprint density at radius 3 is 2.23 bits per heavy atom. The number of aromatic nitrogens is 2. The number of aromatic amines is 1. The summed E-state index contributed by atoms with van der Waals surface area (Å²) in [6.45, 7) is 0. The van der Waals surface area contributed by atoms with Gasteiger partial charge in [0.05, 0.1) is 16.1 Å². The van der Waals surface area contributed by atoms with Crippen LogP contribution in [0.4, 0.5) is 5.69 Å². The Bertz CT molecular complexity index is 1440. The standard InChI is InChI=1S/C22H21N3O4S2/c1-30(26,27)21-9-5-6-10-22(21)31(28,29)25-17-12-14-20-18(15-17)19(23-24-20)13-11-16-7-3-2-4-8-16/h2-10,12,14-15,25H,11,13H2,1H3,(H,23,24). The number of nitrogens with one attached hydrogen (secondary N) is 2. The Labute approximate surface area is 181 Å². The highest BCUT2D eigenvalue weighted by molar-refractivity contribution is 7.95. The van der Waals surface area contributed by atoms with Gasteiger partial charge in [-0.15, -0.1) is 0 Å². The third-order valence-electron chi connectivity index (χ3n) is 4.93. The minimum Gasteiger partial charge on any atom is -0.280 e. The second kappa shape index (κ2) is 8.16. The first-order chi connectivity index (χ1) is 14.7. The van der Waals surface area contributed by atoms with Gasteiger partial charge in [-0.2, -0.15) is 5.10 Å². The van der Waals surface area contributed by atoms with Gasteiger partial charge >= 0.3 is 0 Å². The van der Waals surface area contributed by atoms with Crippen LogP contribution in [-0.2, 0) is 32.7 Å². The summed E-state index contributed by atoms with van der Waals surface area (Å²) in [5, 5.41) is 8.15. The highest BCUT2D eigenvalue weighted by Crippen LogP contribution is 2.26. The van der Waals surface area contributed by atoms with Gasteiger partial charge in [0, 0.05) is 17.3 Å². The molecule has 1 heterocycles. The molecule has 160 valence electrons. The van der Waals surface area contributed by atoms with E-state index in [1.807, 2.05) is 30.3 Å². The van der Waals surface area contributed by atoms with E-state index in [9.17, 15) is 16.8 Å². The molecule has 4 aromatic rings. The van der Waals surface area contributed by atoms with Crippen molar-refractivity contribution in [1.29, 1.82) is 0 Å². The third kappa shape index (κ3) is 4.62. The second-order valence-electron chi connectivity index (χ2n) is 7.24. The van der Waals surface area contributed by atoms with Crippen molar-refractivity contribution in [3.05, 3.63) is 84.1 Å². The summed E-state index contributed by atoms with van der Waals surface area (Å²) in [6.07, 6.45) is 2.48. The van der Waals surface area contributed by atoms with E-state index < -0.39 is 19.9 Å². The maximum atomic E-state index is 12.9. The SMILES string of the molecule is CS(=O)(=O)c1ccccc1S(=O)(=O)Nc1ccc2[nH]nc(CCc3ccccc3)c2c1. The molecule has 0 fully saturated rings. The van der Waals surface area contributed by atoms with Crippen molar-refractivity contribution in [2.24, 2.45) is 0 Å². The maximum absolute atomic E-state index is 12.9. The normalized spacial score (nSPS) is 12.2. The van der Waals surface area contributed by atoms with Crippen LogP contribution in [0.5, 0.6) is 0 Å². The summed E-state index contributed by atoms with van der Waals surface area (Å²) in [4.78, 5) is -0.524. The molecule has 0 saturated heterocycles. The van der Waals surface area contributed by atoms with Crippen molar-refractivity contribution < 1.29 is 16.8 Å². The Kier molecular flexibility index (Phi) is 5.55. The van der Waals surface area contributed by atoms with Crippen LogP contribution < -0.4 is 4.72 Å². The zero-order chi connectivity index (χ0) is 22.1. The number of nitrogens with zero attached hydrogens (tertiary/aromatic N) is 1. The number of aryl methyl sites for hydroxylation is 2. The molecule has 0 bridgehead atoms. The van der Waals surface area contributed by atoms with E-state index in [4.69, 9.17) is 0 Å². The second-order valence-corrected chi connectivity index (χ2v) is 10.9. The van der Waals surface area contributed by atoms with Gasteiger partial charge in [0.1, 0.15) is 4.90 Å². The molecule has 0 aliphatic heterocycles. The van der Waals surface area contributed by atoms with Crippen LogP contribution in [0.15, 0.2) is 82.6 Å². The van der Waals surface area contributed by atoms with Crippen molar-refractivity contribution in [1.82, 2.24) is 10.2 Å². The zero-order valence-electron chi connectivity index (χ0n) is 16.7. The minimum absolute atomic E-state index is 0.240. The smallest absolute Gasteiger partial charge is 0.263 e. The topological polar surface area (TPSA) is 109 Å². The summed E-state index contributed by atoms with van der Waals surface area (Å²) in [5.74, 6) is 0. The number of fused-ring (bicyclic) bond motifs is 1. The van der Waals surface area contributed by atoms with E-state index in [1.54, 1.807) is 18.2 Å². The van der Waals surface area contributed by atoms with E-state index >= 15 is 0 Å². The monoisotopic (exact) mass is 455 g/mol. The molecule has 0 radical (unpaired) electrons. The third-order valence-corrected chi connectivity index (χ3v) is 7.65. The van der Waals surface area contributed by atoms with E-state index in [0.29, 0.717) is 12.1 Å². The fraction of sp³-hybridized carbons (Fsp3) is 0.136. The van der Waals surface area contributed by atoms with Gasteiger partial charge in [-0.25, -0.2) is 16.8 Å². The number of sulfonamides is 1. The van der Waals surface area contributed by atoms with Crippen LogP contribution in [0.3, 0.4) is 0 Å². The number of anilines is 1. The highest BCUT2D eigenvalue weighted by atomic mass is 32.2. The quantitative estimate of drug-likeness (QED) is 0.443. The summed E-state index contributed by atoms with van der Waals surface area (Å²) < 4.78 is 52.4. The molecule has 0 spiro atoms. The molecule has 9 heteroatoms. The summed E-state index contributed by atoms with van der Waals surface area (Å²) in [6, 6.07) is 20.6. The average molecular weight is 456 g/mol. The molecule has 3 aromatic carbocycles. The first kappa shape index (κ1) is 21.1. The molecule has 1 aromatic heterocycles. The lowest BCUT2D eigenvalue weighted by Crippen LogP contribution is -2.16. The molecule has 0 unspecified atom stereocenters. The molecule has 0 aliphatic rings. The van der Waals surface area contributed by atoms with Crippen LogP contribution in [0.25, 0.3) is 10.9 Å². The lowest BCUT2D eigenvalue weighted by atomic mass is 10.1. The van der Waals surface area contributed by atoms with E-state index in [-0.39, 0.29) is 9.79 Å². The van der Waals surface area contributed by atoms with Crippen molar-refractivity contribution in [3.8, 4) is 0 Å². The number of H-pyrrole nitrogens is 1. The van der Waals surface area contributed by atoms with Crippen LogP contribution in [0.1, 0.15) is 11.3 Å². The fourth-order valence-corrected chi connectivity index (χ4v) is 6.10. The first-order valence-electron chi connectivity index (χ1n) is 9.57. The average Bonchev–Trinajstić information content (AvgIpc) is 3.14. The Morgan fingerprint density at radius 1 is 0.839 bits per heavy atom. The molecular formula is C22H21N3O4S2. The largest absolute Gasteiger partial charge is 0.280 e. The van der Waals surface area contributed by atoms with Crippen LogP contribution >= 0.6 is 0 Å². The molecule has 2 N–H and O–H groups in total. The number of sulfone groups is 1. The van der Waals surface area contributed by atoms with Gasteiger partial charge in [-0.3, -0.25) is 9.82 Å². The molecule has 0 saturated carbocycles. The highest BCUT2D eigenvalue weighted by Gasteiger charge is 2.23. The molecule has 7 nitrogen and oxygen atoms in total. The van der Waals surface area contributed by atoms with E-state index in [2.05, 4.69) is 14.9 Å². The zero-order valence-corrected chi connectivity index (χ0v) is 18.4. The molecule has 31 heavy (non-hydrogen) atoms. The fourth-order valence-electron chi connectivity index (χ4n) is 3.42. The van der Waals surface area contributed by atoms with Gasteiger partial charge in [0.2, 0.25) is 0 Å². The van der Waals surface area contributed by atoms with Gasteiger partial charge < -0.3 is 0 Å². The van der Waals surface area contributed by atoms with Gasteiger partial charge in [0.25, 0.3) is 10.0 Å². The van der Waals surface area contributed by atoms with Crippen LogP contribution in [0.2, 0.25) is 0 Å². The van der Waals surface area contributed by atoms with E-state index in [1.165, 1.54) is 29.8 Å². The van der Waals surface area contributed by atoms with Gasteiger partial charge in [0.15, 0.2) is 9.84 Å². The Balaban J connectivity index is 1.64. The predicted molar refractivity (Wildman–Crippen MR) is 120 cm³/mol. The maximum Gasteiger partial charge on any atom is 0.263 e. The molecule has 0 atom stereocenters. The summed E-state index contributed by atoms with van der Waals surface area (Å²) >= 11 is 0. The van der Waals surface area contributed by atoms with Crippen molar-refractivity contribution in [2.75, 3.05) is 11.0 Å². The van der Waals surface area contributed by atoms with Crippen molar-refractivity contribution >= 4 is 36.5 Å². The number of rotatable bonds is 7. The first-order valence-corrected chi connectivity index (χ1v) is 12.9. The molecule has 0 aliphatic carbocycles. The number of hydrogen-bond acceptors (Lipinski definition) is 5. The summed E-state index contributed by atoms with van der Waals surface area (Å²) in [5.41, 5.74) is 3.14. The molecular weight excluding hydrogens is 434 g/mol. The summed E-state index contributed by atoms with van der Waals surface area (Å²) in [7, 11) is -7.82. The van der Waals surface area contributed by atoms with Gasteiger partial charge in [-0.05, 0) is 48.7 Å². The minimum atomic E-state index is -4.11. The van der Waals surface area contributed by atoms with Crippen LogP contribution in [0, 0.1) is 0 Å². The lowest BCUT2D eigenvalue weighted by molar-refractivity contribution is 0.588. The number of hydrogen-bond donors (Lipinski definition) is 2. The molecule has 4 rings (SSSR count). The van der Waals surface area contributed by atoms with Crippen molar-refractivity contribution in [2.45, 2.75) is 22.6 Å². The lowest BCUT2D eigenvalue weighted by Gasteiger charge is -2.11. The van der Waals surface area contributed by atoms with Crippen LogP contribution in [-0.4, -0.2) is 33.3 Å².